The molecule has 1 heterocycles. The molecule has 0 fully saturated rings. The van der Waals surface area contributed by atoms with Crippen molar-refractivity contribution in [2.24, 2.45) is 0 Å². The molecule has 8 nitrogen and oxygen atoms in total. The third-order valence-corrected chi connectivity index (χ3v) is 2.38. The van der Waals surface area contributed by atoms with Crippen molar-refractivity contribution in [1.82, 2.24) is 10.3 Å². The Bertz CT molecular complexity index is 559. The summed E-state index contributed by atoms with van der Waals surface area (Å²) in [6.45, 7) is 4.50. The predicted molar refractivity (Wildman–Crippen MR) is 73.5 cm³/mol. The molecule has 0 aliphatic rings. The minimum Gasteiger partial charge on any atom is -0.464 e. The molecule has 0 aliphatic carbocycles. The number of esters is 2. The van der Waals surface area contributed by atoms with E-state index in [1.807, 2.05) is 0 Å². The minimum atomic E-state index is -0.870. The summed E-state index contributed by atoms with van der Waals surface area (Å²) >= 11 is 0. The number of rotatable bonds is 5. The number of aromatic nitrogens is 1. The van der Waals surface area contributed by atoms with Gasteiger partial charge in [0.1, 0.15) is 6.04 Å². The number of carbonyl (C=O) groups excluding carboxylic acids is 3. The second-order valence-electron chi connectivity index (χ2n) is 4.12. The van der Waals surface area contributed by atoms with Gasteiger partial charge in [-0.15, -0.1) is 0 Å². The fourth-order valence-corrected chi connectivity index (χ4v) is 1.47. The normalized spacial score (nSPS) is 11.4. The highest BCUT2D eigenvalue weighted by Crippen LogP contribution is 2.24. The van der Waals surface area contributed by atoms with E-state index in [1.54, 1.807) is 6.92 Å². The van der Waals surface area contributed by atoms with Gasteiger partial charge < -0.3 is 20.5 Å². The second-order valence-corrected chi connectivity index (χ2v) is 4.12. The Hall–Kier alpha value is -2.64. The first-order valence-electron chi connectivity index (χ1n) is 6.27. The van der Waals surface area contributed by atoms with Crippen LogP contribution in [0.2, 0.25) is 0 Å². The average Bonchev–Trinajstić information content (AvgIpc) is 2.40. The van der Waals surface area contributed by atoms with E-state index in [1.165, 1.54) is 26.1 Å². The molecule has 0 spiro atoms. The zero-order valence-corrected chi connectivity index (χ0v) is 12.0. The van der Waals surface area contributed by atoms with E-state index in [0.717, 1.165) is 0 Å². The average molecular weight is 295 g/mol. The van der Waals surface area contributed by atoms with Crippen molar-refractivity contribution in [3.05, 3.63) is 18.0 Å². The molecule has 1 amide bonds. The van der Waals surface area contributed by atoms with Crippen molar-refractivity contribution in [3.63, 3.8) is 0 Å². The summed E-state index contributed by atoms with van der Waals surface area (Å²) in [7, 11) is 0. The summed E-state index contributed by atoms with van der Waals surface area (Å²) < 4.78 is 9.66. The number of hydrogen-bond donors (Lipinski definition) is 2. The van der Waals surface area contributed by atoms with Crippen LogP contribution in [0.25, 0.3) is 0 Å². The van der Waals surface area contributed by atoms with Gasteiger partial charge in [0.05, 0.1) is 12.3 Å². The number of nitrogens with zero attached hydrogens (tertiary/aromatic N) is 1. The lowest BCUT2D eigenvalue weighted by atomic mass is 10.2. The fraction of sp³-hybridized carbons (Fsp3) is 0.385. The maximum absolute atomic E-state index is 12.1. The van der Waals surface area contributed by atoms with Crippen LogP contribution < -0.4 is 15.8 Å². The van der Waals surface area contributed by atoms with Crippen molar-refractivity contribution in [2.45, 2.75) is 26.8 Å². The Labute approximate surface area is 121 Å². The zero-order valence-electron chi connectivity index (χ0n) is 12.0. The Balaban J connectivity index is 2.94. The van der Waals surface area contributed by atoms with E-state index >= 15 is 0 Å². The zero-order chi connectivity index (χ0) is 16.0. The lowest BCUT2D eigenvalue weighted by Gasteiger charge is -2.14. The molecule has 114 valence electrons. The monoisotopic (exact) mass is 295 g/mol. The molecule has 1 aromatic rings. The topological polar surface area (TPSA) is 121 Å². The number of hydrogen-bond acceptors (Lipinski definition) is 7. The number of carbonyl (C=O) groups is 3. The maximum atomic E-state index is 12.1. The lowest BCUT2D eigenvalue weighted by molar-refractivity contribution is -0.145. The van der Waals surface area contributed by atoms with E-state index in [9.17, 15) is 14.4 Å². The van der Waals surface area contributed by atoms with Gasteiger partial charge >= 0.3 is 11.9 Å². The predicted octanol–water partition coefficient (Wildman–Crippen LogP) is 0.270. The first-order valence-corrected chi connectivity index (χ1v) is 6.27. The third-order valence-electron chi connectivity index (χ3n) is 2.38. The summed E-state index contributed by atoms with van der Waals surface area (Å²) in [5.41, 5.74) is 5.57. The van der Waals surface area contributed by atoms with Crippen LogP contribution in [-0.2, 0) is 14.3 Å². The van der Waals surface area contributed by atoms with Crippen LogP contribution in [0.15, 0.2) is 12.3 Å². The molecule has 0 aromatic carbocycles. The van der Waals surface area contributed by atoms with E-state index in [-0.39, 0.29) is 23.7 Å². The van der Waals surface area contributed by atoms with Gasteiger partial charge in [-0.25, -0.2) is 9.78 Å². The molecule has 0 saturated carbocycles. The van der Waals surface area contributed by atoms with Gasteiger partial charge in [0, 0.05) is 13.1 Å². The number of nitrogens with one attached hydrogen (secondary N) is 1. The number of amides is 1. The van der Waals surface area contributed by atoms with Crippen LogP contribution >= 0.6 is 0 Å². The Kier molecular flexibility index (Phi) is 5.65. The standard InChI is InChI=1S/C13H17N3O5/c1-4-20-13(19)7(2)16-12(18)10-11(21-8(3)17)9(14)5-6-15-10/h5-7H,4H2,1-3H3,(H2,14,15)(H,16,18). The molecule has 3 N–H and O–H groups in total. The third kappa shape index (κ3) is 4.44. The Morgan fingerprint density at radius 1 is 1.43 bits per heavy atom. The highest BCUT2D eigenvalue weighted by molar-refractivity contribution is 5.99. The van der Waals surface area contributed by atoms with Crippen LogP contribution in [0.4, 0.5) is 5.69 Å². The molecule has 1 unspecified atom stereocenters. The van der Waals surface area contributed by atoms with Crippen LogP contribution in [0, 0.1) is 0 Å². The van der Waals surface area contributed by atoms with Crippen molar-refractivity contribution < 1.29 is 23.9 Å². The molecule has 1 rings (SSSR count). The maximum Gasteiger partial charge on any atom is 0.328 e. The number of anilines is 1. The van der Waals surface area contributed by atoms with E-state index in [2.05, 4.69) is 10.3 Å². The van der Waals surface area contributed by atoms with E-state index < -0.39 is 23.9 Å². The summed E-state index contributed by atoms with van der Waals surface area (Å²) in [6.07, 6.45) is 1.30. The molecule has 0 radical (unpaired) electrons. The highest BCUT2D eigenvalue weighted by Gasteiger charge is 2.23. The number of nitrogens with two attached hydrogens (primary N) is 1. The molecular formula is C13H17N3O5. The van der Waals surface area contributed by atoms with Crippen molar-refractivity contribution in [2.75, 3.05) is 12.3 Å². The van der Waals surface area contributed by atoms with Gasteiger partial charge in [0.25, 0.3) is 5.91 Å². The molecule has 0 aliphatic heterocycles. The largest absolute Gasteiger partial charge is 0.464 e. The van der Waals surface area contributed by atoms with Gasteiger partial charge in [-0.3, -0.25) is 9.59 Å². The Morgan fingerprint density at radius 2 is 2.10 bits per heavy atom. The van der Waals surface area contributed by atoms with Crippen molar-refractivity contribution in [1.29, 1.82) is 0 Å². The first-order chi connectivity index (χ1) is 9.86. The molecule has 1 aromatic heterocycles. The summed E-state index contributed by atoms with van der Waals surface area (Å²) in [5, 5.41) is 2.40. The van der Waals surface area contributed by atoms with E-state index in [4.69, 9.17) is 15.2 Å². The minimum absolute atomic E-state index is 0.0918. The van der Waals surface area contributed by atoms with Gasteiger partial charge in [-0.2, -0.15) is 0 Å². The van der Waals surface area contributed by atoms with Crippen molar-refractivity contribution >= 4 is 23.5 Å². The summed E-state index contributed by atoms with van der Waals surface area (Å²) in [6, 6.07) is 0.523. The molecular weight excluding hydrogens is 278 g/mol. The highest BCUT2D eigenvalue weighted by atomic mass is 16.5. The van der Waals surface area contributed by atoms with Crippen LogP contribution in [0.1, 0.15) is 31.3 Å². The smallest absolute Gasteiger partial charge is 0.328 e. The quantitative estimate of drug-likeness (QED) is 0.748. The molecule has 0 bridgehead atoms. The van der Waals surface area contributed by atoms with Gasteiger partial charge in [0.15, 0.2) is 11.4 Å². The molecule has 8 heteroatoms. The number of nitrogen functional groups attached to an aromatic ring is 1. The van der Waals surface area contributed by atoms with E-state index in [0.29, 0.717) is 0 Å². The molecule has 21 heavy (non-hydrogen) atoms. The molecule has 1 atom stereocenters. The van der Waals surface area contributed by atoms with Crippen LogP contribution in [0.3, 0.4) is 0 Å². The van der Waals surface area contributed by atoms with Crippen molar-refractivity contribution in [3.8, 4) is 5.75 Å². The lowest BCUT2D eigenvalue weighted by Crippen LogP contribution is -2.40. The number of ether oxygens (including phenoxy) is 2. The van der Waals surface area contributed by atoms with Crippen LogP contribution in [-0.4, -0.2) is 35.5 Å². The Morgan fingerprint density at radius 3 is 2.67 bits per heavy atom. The summed E-state index contributed by atoms with van der Waals surface area (Å²) in [5.74, 6) is -2.05. The fourth-order valence-electron chi connectivity index (χ4n) is 1.47. The van der Waals surface area contributed by atoms with Crippen LogP contribution in [0.5, 0.6) is 5.75 Å². The van der Waals surface area contributed by atoms with Gasteiger partial charge in [-0.1, -0.05) is 0 Å². The SMILES string of the molecule is CCOC(=O)C(C)NC(=O)c1nccc(N)c1OC(C)=O. The molecule has 0 saturated heterocycles. The number of pyridine rings is 1. The first kappa shape index (κ1) is 16.4. The van der Waals surface area contributed by atoms with Gasteiger partial charge in [-0.05, 0) is 19.9 Å². The van der Waals surface area contributed by atoms with Gasteiger partial charge in [0.2, 0.25) is 0 Å². The second kappa shape index (κ2) is 7.22. The summed E-state index contributed by atoms with van der Waals surface area (Å²) in [4.78, 5) is 38.4.